The van der Waals surface area contributed by atoms with E-state index in [1.807, 2.05) is 6.92 Å². The molecule has 0 rings (SSSR count). The van der Waals surface area contributed by atoms with E-state index in [4.69, 9.17) is 5.84 Å². The van der Waals surface area contributed by atoms with E-state index in [0.717, 1.165) is 32.4 Å². The first kappa shape index (κ1) is 15.4. The summed E-state index contributed by atoms with van der Waals surface area (Å²) in [7, 11) is -0.765. The molecule has 0 bridgehead atoms. The molecule has 0 aliphatic carbocycles. The van der Waals surface area contributed by atoms with E-state index in [0.29, 0.717) is 5.96 Å². The van der Waals surface area contributed by atoms with Crippen LogP contribution in [-0.4, -0.2) is 34.8 Å². The Balaban J connectivity index is 3.78. The van der Waals surface area contributed by atoms with Crippen LogP contribution in [0.1, 0.15) is 33.1 Å². The predicted octanol–water partition coefficient (Wildman–Crippen LogP) is 0.353. The Bertz CT molecular complexity index is 233. The maximum absolute atomic E-state index is 11.1. The minimum absolute atomic E-state index is 0.196. The molecule has 2 unspecified atom stereocenters. The lowest BCUT2D eigenvalue weighted by molar-refractivity contribution is 0.663. The van der Waals surface area contributed by atoms with E-state index in [2.05, 4.69) is 22.7 Å². The standard InChI is InChI=1S/C10H24N4OS/c1-4-5-7-12-10(14-11)13-8-6-9(2)16(3)15/h9H,4-8,11H2,1-3H3,(H2,12,13,14). The van der Waals surface area contributed by atoms with Gasteiger partial charge in [-0.3, -0.25) is 14.6 Å². The smallest absolute Gasteiger partial charge is 0.205 e. The van der Waals surface area contributed by atoms with Crippen LogP contribution >= 0.6 is 0 Å². The van der Waals surface area contributed by atoms with Gasteiger partial charge in [-0.05, 0) is 12.8 Å². The minimum atomic E-state index is -0.765. The van der Waals surface area contributed by atoms with Crippen molar-refractivity contribution in [3.63, 3.8) is 0 Å². The maximum Gasteiger partial charge on any atom is 0.205 e. The Kier molecular flexibility index (Phi) is 9.22. The highest BCUT2D eigenvalue weighted by Gasteiger charge is 2.05. The highest BCUT2D eigenvalue weighted by Crippen LogP contribution is 1.97. The van der Waals surface area contributed by atoms with Crippen molar-refractivity contribution in [2.75, 3.05) is 19.3 Å². The number of nitrogens with two attached hydrogens (primary N) is 1. The highest BCUT2D eigenvalue weighted by atomic mass is 32.2. The molecule has 0 saturated carbocycles. The number of aliphatic imine (C=N–C) groups is 1. The normalized spacial score (nSPS) is 15.6. The fourth-order valence-corrected chi connectivity index (χ4v) is 1.51. The average Bonchev–Trinajstić information content (AvgIpc) is 2.26. The van der Waals surface area contributed by atoms with Crippen LogP contribution < -0.4 is 16.6 Å². The van der Waals surface area contributed by atoms with Gasteiger partial charge in [-0.15, -0.1) is 0 Å². The second-order valence-electron chi connectivity index (χ2n) is 3.75. The van der Waals surface area contributed by atoms with Crippen LogP contribution in [0.5, 0.6) is 0 Å². The predicted molar refractivity (Wildman–Crippen MR) is 70.7 cm³/mol. The maximum atomic E-state index is 11.1. The number of hydrazine groups is 1. The molecule has 2 atom stereocenters. The summed E-state index contributed by atoms with van der Waals surface area (Å²) in [5.74, 6) is 5.94. The second kappa shape index (κ2) is 9.59. The Morgan fingerprint density at radius 1 is 1.56 bits per heavy atom. The molecule has 0 saturated heterocycles. The molecular formula is C10H24N4OS. The van der Waals surface area contributed by atoms with Crippen molar-refractivity contribution in [2.45, 2.75) is 38.4 Å². The van der Waals surface area contributed by atoms with Crippen LogP contribution in [0.3, 0.4) is 0 Å². The molecule has 0 heterocycles. The topological polar surface area (TPSA) is 79.5 Å². The molecule has 0 spiro atoms. The molecule has 0 aromatic carbocycles. The number of guanidine groups is 1. The van der Waals surface area contributed by atoms with Crippen molar-refractivity contribution in [1.82, 2.24) is 10.7 Å². The molecule has 4 N–H and O–H groups in total. The summed E-state index contributed by atoms with van der Waals surface area (Å²) in [6, 6.07) is 0. The molecule has 0 aliphatic rings. The number of hydrogen-bond acceptors (Lipinski definition) is 3. The molecule has 0 aliphatic heterocycles. The van der Waals surface area contributed by atoms with Gasteiger partial charge in [-0.1, -0.05) is 20.3 Å². The Morgan fingerprint density at radius 2 is 2.25 bits per heavy atom. The molecule has 0 aromatic rings. The van der Waals surface area contributed by atoms with Crippen LogP contribution in [0.4, 0.5) is 0 Å². The second-order valence-corrected chi connectivity index (χ2v) is 5.55. The summed E-state index contributed by atoms with van der Waals surface area (Å²) in [4.78, 5) is 4.27. The van der Waals surface area contributed by atoms with Crippen LogP contribution in [-0.2, 0) is 10.8 Å². The van der Waals surface area contributed by atoms with Crippen LogP contribution in [0.2, 0.25) is 0 Å². The monoisotopic (exact) mass is 248 g/mol. The van der Waals surface area contributed by atoms with E-state index in [1.165, 1.54) is 0 Å². The van der Waals surface area contributed by atoms with Crippen molar-refractivity contribution in [3.8, 4) is 0 Å². The van der Waals surface area contributed by atoms with Crippen molar-refractivity contribution in [2.24, 2.45) is 10.8 Å². The summed E-state index contributed by atoms with van der Waals surface area (Å²) in [5, 5.41) is 3.29. The molecule has 0 radical (unpaired) electrons. The lowest BCUT2D eigenvalue weighted by atomic mass is 10.3. The molecule has 0 amide bonds. The molecule has 6 heteroatoms. The van der Waals surface area contributed by atoms with Gasteiger partial charge >= 0.3 is 0 Å². The SMILES string of the molecule is CCCCN=C(NN)NCCC(C)S(C)=O. The van der Waals surface area contributed by atoms with Crippen molar-refractivity contribution in [3.05, 3.63) is 0 Å². The zero-order chi connectivity index (χ0) is 12.4. The van der Waals surface area contributed by atoms with E-state index in [9.17, 15) is 4.21 Å². The fourth-order valence-electron chi connectivity index (χ4n) is 1.06. The van der Waals surface area contributed by atoms with Crippen molar-refractivity contribution in [1.29, 1.82) is 0 Å². The number of nitrogens with one attached hydrogen (secondary N) is 2. The lowest BCUT2D eigenvalue weighted by Crippen LogP contribution is -2.42. The van der Waals surface area contributed by atoms with Gasteiger partial charge in [0.15, 0.2) is 0 Å². The number of unbranched alkanes of at least 4 members (excludes halogenated alkanes) is 1. The Labute approximate surface area is 101 Å². The zero-order valence-electron chi connectivity index (χ0n) is 10.5. The fraction of sp³-hybridized carbons (Fsp3) is 0.900. The number of nitrogens with zero attached hydrogens (tertiary/aromatic N) is 1. The first-order valence-corrected chi connectivity index (χ1v) is 7.31. The van der Waals surface area contributed by atoms with Gasteiger partial charge in [-0.2, -0.15) is 0 Å². The van der Waals surface area contributed by atoms with Gasteiger partial charge in [0.1, 0.15) is 0 Å². The van der Waals surface area contributed by atoms with E-state index < -0.39 is 10.8 Å². The molecule has 96 valence electrons. The zero-order valence-corrected chi connectivity index (χ0v) is 11.3. The van der Waals surface area contributed by atoms with Gasteiger partial charge in [0, 0.05) is 35.4 Å². The molecule has 5 nitrogen and oxygen atoms in total. The summed E-state index contributed by atoms with van der Waals surface area (Å²) in [6.45, 7) is 5.60. The molecule has 0 fully saturated rings. The van der Waals surface area contributed by atoms with Gasteiger partial charge in [-0.25, -0.2) is 5.84 Å². The third kappa shape index (κ3) is 7.64. The number of hydrogen-bond donors (Lipinski definition) is 3. The van der Waals surface area contributed by atoms with Crippen LogP contribution in [0, 0.1) is 0 Å². The Morgan fingerprint density at radius 3 is 2.75 bits per heavy atom. The number of rotatable bonds is 7. The van der Waals surface area contributed by atoms with Gasteiger partial charge in [0.2, 0.25) is 5.96 Å². The molecule has 0 aromatic heterocycles. The van der Waals surface area contributed by atoms with E-state index in [1.54, 1.807) is 6.26 Å². The summed E-state index contributed by atoms with van der Waals surface area (Å²) in [6.07, 6.45) is 4.75. The largest absolute Gasteiger partial charge is 0.355 e. The summed E-state index contributed by atoms with van der Waals surface area (Å²) >= 11 is 0. The van der Waals surface area contributed by atoms with Crippen molar-refractivity contribution < 1.29 is 4.21 Å². The van der Waals surface area contributed by atoms with Gasteiger partial charge < -0.3 is 5.32 Å². The third-order valence-electron chi connectivity index (χ3n) is 2.33. The molecule has 16 heavy (non-hydrogen) atoms. The quantitative estimate of drug-likeness (QED) is 0.200. The van der Waals surface area contributed by atoms with Crippen LogP contribution in [0.25, 0.3) is 0 Å². The van der Waals surface area contributed by atoms with Gasteiger partial charge in [0.25, 0.3) is 0 Å². The third-order valence-corrected chi connectivity index (χ3v) is 3.70. The van der Waals surface area contributed by atoms with E-state index in [-0.39, 0.29) is 5.25 Å². The first-order chi connectivity index (χ1) is 7.61. The Hall–Kier alpha value is -0.620. The lowest BCUT2D eigenvalue weighted by Gasteiger charge is -2.11. The first-order valence-electron chi connectivity index (χ1n) is 5.69. The molecular weight excluding hydrogens is 224 g/mol. The van der Waals surface area contributed by atoms with Crippen molar-refractivity contribution >= 4 is 16.8 Å². The summed E-state index contributed by atoms with van der Waals surface area (Å²) < 4.78 is 11.1. The minimum Gasteiger partial charge on any atom is -0.355 e. The van der Waals surface area contributed by atoms with E-state index >= 15 is 0 Å². The highest BCUT2D eigenvalue weighted by molar-refractivity contribution is 7.84. The summed E-state index contributed by atoms with van der Waals surface area (Å²) in [5.41, 5.74) is 2.53. The van der Waals surface area contributed by atoms with Crippen LogP contribution in [0.15, 0.2) is 4.99 Å². The average molecular weight is 248 g/mol. The van der Waals surface area contributed by atoms with Gasteiger partial charge in [0.05, 0.1) is 0 Å².